The van der Waals surface area contributed by atoms with E-state index < -0.39 is 12.5 Å². The first-order valence-corrected chi connectivity index (χ1v) is 7.68. The third-order valence-corrected chi connectivity index (χ3v) is 3.71. The van der Waals surface area contributed by atoms with E-state index in [2.05, 4.69) is 25.4 Å². The van der Waals surface area contributed by atoms with Gasteiger partial charge in [0.25, 0.3) is 5.92 Å². The molecule has 0 unspecified atom stereocenters. The summed E-state index contributed by atoms with van der Waals surface area (Å²) in [6, 6.07) is 9.39. The highest BCUT2D eigenvalue weighted by atomic mass is 19.3. The van der Waals surface area contributed by atoms with E-state index in [9.17, 15) is 8.78 Å². The lowest BCUT2D eigenvalue weighted by Crippen LogP contribution is -2.24. The first-order valence-electron chi connectivity index (χ1n) is 7.68. The molecule has 0 aliphatic heterocycles. The van der Waals surface area contributed by atoms with Crippen LogP contribution in [0, 0.1) is 0 Å². The Morgan fingerprint density at radius 1 is 1.12 bits per heavy atom. The molecule has 0 radical (unpaired) electrons. The fraction of sp³-hybridized carbons (Fsp3) is 0.176. The molecule has 4 aromatic heterocycles. The Kier molecular flexibility index (Phi) is 3.52. The van der Waals surface area contributed by atoms with Crippen molar-refractivity contribution in [2.75, 3.05) is 11.9 Å². The molecule has 25 heavy (non-hydrogen) atoms. The molecule has 0 aliphatic rings. The molecule has 0 spiro atoms. The summed E-state index contributed by atoms with van der Waals surface area (Å²) in [5, 5.41) is 6.74. The molecule has 4 heterocycles. The normalized spacial score (nSPS) is 12.0. The Balaban J connectivity index is 1.70. The number of anilines is 1. The van der Waals surface area contributed by atoms with Crippen LogP contribution in [-0.2, 0) is 0 Å². The highest BCUT2D eigenvalue weighted by molar-refractivity contribution is 5.83. The highest BCUT2D eigenvalue weighted by Gasteiger charge is 2.21. The standard InChI is InChI=1S/C17H14F2N6/c1-17(18,19)10-22-16-21-9-15-11(6-8-25(15)24-16)12-4-5-13-14(23-12)3-2-7-20-13/h2-9H,10H2,1H3,(H,22,24). The Morgan fingerprint density at radius 2 is 2.00 bits per heavy atom. The Bertz CT molecular complexity index is 1050. The maximum atomic E-state index is 12.9. The third-order valence-electron chi connectivity index (χ3n) is 3.71. The Labute approximate surface area is 141 Å². The van der Waals surface area contributed by atoms with Crippen molar-refractivity contribution < 1.29 is 8.78 Å². The lowest BCUT2D eigenvalue weighted by Gasteiger charge is -2.11. The molecule has 6 nitrogen and oxygen atoms in total. The molecular formula is C17H14F2N6. The van der Waals surface area contributed by atoms with E-state index in [0.29, 0.717) is 0 Å². The van der Waals surface area contributed by atoms with Crippen LogP contribution < -0.4 is 5.32 Å². The zero-order valence-electron chi connectivity index (χ0n) is 13.3. The van der Waals surface area contributed by atoms with Gasteiger partial charge in [-0.2, -0.15) is 0 Å². The summed E-state index contributed by atoms with van der Waals surface area (Å²) in [6.45, 7) is 0.318. The number of hydrogen-bond acceptors (Lipinski definition) is 5. The molecule has 0 bridgehead atoms. The van der Waals surface area contributed by atoms with E-state index in [1.807, 2.05) is 30.3 Å². The molecule has 0 saturated heterocycles. The van der Waals surface area contributed by atoms with Crippen LogP contribution in [-0.4, -0.2) is 37.0 Å². The molecule has 0 aromatic carbocycles. The zero-order chi connectivity index (χ0) is 17.4. The van der Waals surface area contributed by atoms with E-state index >= 15 is 0 Å². The Hall–Kier alpha value is -3.16. The van der Waals surface area contributed by atoms with Gasteiger partial charge in [-0.15, -0.1) is 5.10 Å². The minimum Gasteiger partial charge on any atom is -0.347 e. The topological polar surface area (TPSA) is 68.0 Å². The van der Waals surface area contributed by atoms with Crippen LogP contribution in [0.5, 0.6) is 0 Å². The van der Waals surface area contributed by atoms with Gasteiger partial charge in [-0.1, -0.05) is 0 Å². The second kappa shape index (κ2) is 5.73. The average Bonchev–Trinajstić information content (AvgIpc) is 3.02. The van der Waals surface area contributed by atoms with Gasteiger partial charge in [-0.25, -0.2) is 23.3 Å². The number of fused-ring (bicyclic) bond motifs is 2. The summed E-state index contributed by atoms with van der Waals surface area (Å²) in [7, 11) is 0. The lowest BCUT2D eigenvalue weighted by molar-refractivity contribution is 0.0365. The SMILES string of the molecule is CC(F)(F)CNc1ncc2c(-c3ccc4ncccc4n3)ccn2n1. The predicted octanol–water partition coefficient (Wildman–Crippen LogP) is 3.41. The number of halogens is 2. The molecule has 8 heteroatoms. The van der Waals surface area contributed by atoms with Crippen molar-refractivity contribution in [3.8, 4) is 11.3 Å². The summed E-state index contributed by atoms with van der Waals surface area (Å²) < 4.78 is 27.5. The van der Waals surface area contributed by atoms with Gasteiger partial charge in [0.15, 0.2) is 0 Å². The number of aromatic nitrogens is 5. The maximum absolute atomic E-state index is 12.9. The van der Waals surface area contributed by atoms with Crippen LogP contribution >= 0.6 is 0 Å². The second-order valence-corrected chi connectivity index (χ2v) is 5.80. The van der Waals surface area contributed by atoms with Crippen LogP contribution in [0.25, 0.3) is 27.8 Å². The van der Waals surface area contributed by atoms with E-state index in [-0.39, 0.29) is 5.95 Å². The molecule has 1 N–H and O–H groups in total. The first-order chi connectivity index (χ1) is 12.0. The zero-order valence-corrected chi connectivity index (χ0v) is 13.3. The molecule has 0 amide bonds. The number of nitrogens with one attached hydrogen (secondary N) is 1. The van der Waals surface area contributed by atoms with Crippen LogP contribution in [0.1, 0.15) is 6.92 Å². The van der Waals surface area contributed by atoms with Crippen molar-refractivity contribution in [2.24, 2.45) is 0 Å². The summed E-state index contributed by atoms with van der Waals surface area (Å²) in [6.07, 6.45) is 5.06. The van der Waals surface area contributed by atoms with E-state index in [1.54, 1.807) is 23.1 Å². The Morgan fingerprint density at radius 3 is 2.84 bits per heavy atom. The molecular weight excluding hydrogens is 326 g/mol. The van der Waals surface area contributed by atoms with Crippen LogP contribution in [0.2, 0.25) is 0 Å². The van der Waals surface area contributed by atoms with Gasteiger partial charge in [-0.05, 0) is 30.3 Å². The number of pyridine rings is 2. The number of alkyl halides is 2. The number of nitrogens with zero attached hydrogens (tertiary/aromatic N) is 5. The van der Waals surface area contributed by atoms with Crippen molar-refractivity contribution in [1.82, 2.24) is 24.6 Å². The van der Waals surface area contributed by atoms with Gasteiger partial charge < -0.3 is 5.32 Å². The monoisotopic (exact) mass is 340 g/mol. The average molecular weight is 340 g/mol. The minimum atomic E-state index is -2.83. The van der Waals surface area contributed by atoms with Gasteiger partial charge in [0.2, 0.25) is 5.95 Å². The third kappa shape index (κ3) is 3.10. The van der Waals surface area contributed by atoms with Gasteiger partial charge in [-0.3, -0.25) is 4.98 Å². The smallest absolute Gasteiger partial charge is 0.262 e. The summed E-state index contributed by atoms with van der Waals surface area (Å²) in [5.74, 6) is -2.68. The van der Waals surface area contributed by atoms with Gasteiger partial charge >= 0.3 is 0 Å². The van der Waals surface area contributed by atoms with Gasteiger partial charge in [0.1, 0.15) is 0 Å². The second-order valence-electron chi connectivity index (χ2n) is 5.80. The maximum Gasteiger partial charge on any atom is 0.262 e. The quantitative estimate of drug-likeness (QED) is 0.617. The van der Waals surface area contributed by atoms with Crippen LogP contribution in [0.15, 0.2) is 48.9 Å². The molecule has 126 valence electrons. The fourth-order valence-corrected chi connectivity index (χ4v) is 2.54. The summed E-state index contributed by atoms with van der Waals surface area (Å²) >= 11 is 0. The highest BCUT2D eigenvalue weighted by Crippen LogP contribution is 2.25. The first kappa shape index (κ1) is 15.4. The molecule has 4 rings (SSSR count). The molecule has 0 aliphatic carbocycles. The molecule has 0 saturated carbocycles. The fourth-order valence-electron chi connectivity index (χ4n) is 2.54. The number of rotatable bonds is 4. The molecule has 0 atom stereocenters. The molecule has 0 fully saturated rings. The summed E-state index contributed by atoms with van der Waals surface area (Å²) in [5.41, 5.74) is 3.98. The summed E-state index contributed by atoms with van der Waals surface area (Å²) in [4.78, 5) is 13.0. The van der Waals surface area contributed by atoms with Gasteiger partial charge in [0.05, 0.1) is 35.0 Å². The van der Waals surface area contributed by atoms with E-state index in [1.165, 1.54) is 0 Å². The van der Waals surface area contributed by atoms with Crippen molar-refractivity contribution in [3.05, 3.63) is 48.9 Å². The van der Waals surface area contributed by atoms with Crippen molar-refractivity contribution in [1.29, 1.82) is 0 Å². The van der Waals surface area contributed by atoms with Crippen molar-refractivity contribution in [3.63, 3.8) is 0 Å². The largest absolute Gasteiger partial charge is 0.347 e. The van der Waals surface area contributed by atoms with Crippen molar-refractivity contribution in [2.45, 2.75) is 12.8 Å². The van der Waals surface area contributed by atoms with Gasteiger partial charge in [0, 0.05) is 24.9 Å². The van der Waals surface area contributed by atoms with E-state index in [0.717, 1.165) is 34.7 Å². The predicted molar refractivity (Wildman–Crippen MR) is 90.6 cm³/mol. The lowest BCUT2D eigenvalue weighted by atomic mass is 10.1. The van der Waals surface area contributed by atoms with Crippen LogP contribution in [0.4, 0.5) is 14.7 Å². The van der Waals surface area contributed by atoms with Crippen molar-refractivity contribution >= 4 is 22.5 Å². The molecule has 4 aromatic rings. The van der Waals surface area contributed by atoms with E-state index in [4.69, 9.17) is 0 Å². The number of hydrogen-bond donors (Lipinski definition) is 1. The van der Waals surface area contributed by atoms with Crippen LogP contribution in [0.3, 0.4) is 0 Å². The minimum absolute atomic E-state index is 0.145.